The number of hydrogen-bond donors (Lipinski definition) is 1. The Morgan fingerprint density at radius 3 is 3.05 bits per heavy atom. The van der Waals surface area contributed by atoms with Gasteiger partial charge in [0.15, 0.2) is 0 Å². The quantitative estimate of drug-likeness (QED) is 0.918. The summed E-state index contributed by atoms with van der Waals surface area (Å²) in [5.41, 5.74) is 1.91. The van der Waals surface area contributed by atoms with Gasteiger partial charge in [0.2, 0.25) is 5.89 Å². The summed E-state index contributed by atoms with van der Waals surface area (Å²) in [6.07, 6.45) is 0.856. The van der Waals surface area contributed by atoms with E-state index in [-0.39, 0.29) is 11.9 Å². The highest BCUT2D eigenvalue weighted by Crippen LogP contribution is 2.34. The minimum Gasteiger partial charge on any atom is -0.406 e. The summed E-state index contributed by atoms with van der Waals surface area (Å²) in [4.78, 5) is 1.86. The Kier molecular flexibility index (Phi) is 2.94. The average molecular weight is 262 g/mol. The molecule has 1 unspecified atom stereocenters. The number of rotatable bonds is 3. The van der Waals surface area contributed by atoms with E-state index >= 15 is 0 Å². The molecule has 3 rings (SSSR count). The molecule has 19 heavy (non-hydrogen) atoms. The highest BCUT2D eigenvalue weighted by Gasteiger charge is 2.25. The van der Waals surface area contributed by atoms with Crippen LogP contribution in [0, 0.1) is 5.82 Å². The predicted octanol–water partition coefficient (Wildman–Crippen LogP) is 2.18. The van der Waals surface area contributed by atoms with Crippen LogP contribution in [0.2, 0.25) is 0 Å². The van der Waals surface area contributed by atoms with Crippen LogP contribution in [-0.4, -0.2) is 23.8 Å². The van der Waals surface area contributed by atoms with Crippen LogP contribution in [0.5, 0.6) is 0 Å². The van der Waals surface area contributed by atoms with Gasteiger partial charge in [0.05, 0.1) is 11.7 Å². The molecular formula is C13H15FN4O. The SMILES string of the molecule is CNC(C)c1nnc(N2CCc3ccc(F)cc32)o1. The van der Waals surface area contributed by atoms with Gasteiger partial charge >= 0.3 is 6.01 Å². The average Bonchev–Trinajstić information content (AvgIpc) is 3.03. The van der Waals surface area contributed by atoms with Gasteiger partial charge in [-0.2, -0.15) is 0 Å². The molecule has 2 aromatic rings. The van der Waals surface area contributed by atoms with E-state index in [1.165, 1.54) is 12.1 Å². The van der Waals surface area contributed by atoms with Crippen LogP contribution in [0.1, 0.15) is 24.4 Å². The molecule has 2 heterocycles. The van der Waals surface area contributed by atoms with E-state index in [1.807, 2.05) is 18.9 Å². The van der Waals surface area contributed by atoms with E-state index in [0.717, 1.165) is 24.2 Å². The molecular weight excluding hydrogens is 247 g/mol. The van der Waals surface area contributed by atoms with Gasteiger partial charge in [-0.25, -0.2) is 4.39 Å². The predicted molar refractivity (Wildman–Crippen MR) is 68.9 cm³/mol. The van der Waals surface area contributed by atoms with Crippen LogP contribution in [0.25, 0.3) is 0 Å². The van der Waals surface area contributed by atoms with Crippen LogP contribution in [-0.2, 0) is 6.42 Å². The molecule has 0 saturated heterocycles. The Labute approximate surface area is 110 Å². The monoisotopic (exact) mass is 262 g/mol. The number of fused-ring (bicyclic) bond motifs is 1. The van der Waals surface area contributed by atoms with Crippen molar-refractivity contribution < 1.29 is 8.81 Å². The Balaban J connectivity index is 1.93. The fourth-order valence-electron chi connectivity index (χ4n) is 2.19. The van der Waals surface area contributed by atoms with Gasteiger partial charge in [-0.1, -0.05) is 11.2 Å². The Hall–Kier alpha value is -1.95. The molecule has 0 spiro atoms. The van der Waals surface area contributed by atoms with Crippen LogP contribution in [0.4, 0.5) is 16.1 Å². The third kappa shape index (κ3) is 2.08. The van der Waals surface area contributed by atoms with Gasteiger partial charge < -0.3 is 9.73 Å². The molecule has 5 nitrogen and oxygen atoms in total. The molecule has 1 atom stereocenters. The zero-order chi connectivity index (χ0) is 13.4. The maximum Gasteiger partial charge on any atom is 0.322 e. The second-order valence-corrected chi connectivity index (χ2v) is 4.61. The first-order valence-corrected chi connectivity index (χ1v) is 6.25. The number of nitrogens with one attached hydrogen (secondary N) is 1. The van der Waals surface area contributed by atoms with E-state index in [4.69, 9.17) is 4.42 Å². The normalized spacial score (nSPS) is 15.6. The van der Waals surface area contributed by atoms with Gasteiger partial charge in [0.25, 0.3) is 0 Å². The summed E-state index contributed by atoms with van der Waals surface area (Å²) in [7, 11) is 1.83. The summed E-state index contributed by atoms with van der Waals surface area (Å²) in [5.74, 6) is 0.274. The standard InChI is InChI=1S/C13H15FN4O/c1-8(15-2)12-16-17-13(19-12)18-6-5-9-3-4-10(14)7-11(9)18/h3-4,7-8,15H,5-6H2,1-2H3. The summed E-state index contributed by atoms with van der Waals surface area (Å²) in [6, 6.07) is 5.20. The third-order valence-corrected chi connectivity index (χ3v) is 3.41. The highest BCUT2D eigenvalue weighted by molar-refractivity contribution is 5.64. The van der Waals surface area contributed by atoms with Crippen LogP contribution in [0.15, 0.2) is 22.6 Å². The minimum atomic E-state index is -0.256. The van der Waals surface area contributed by atoms with Crippen molar-refractivity contribution in [3.05, 3.63) is 35.5 Å². The van der Waals surface area contributed by atoms with Crippen LogP contribution < -0.4 is 10.2 Å². The number of benzene rings is 1. The molecule has 0 saturated carbocycles. The summed E-state index contributed by atoms with van der Waals surface area (Å²) in [5, 5.41) is 11.1. The number of hydrogen-bond acceptors (Lipinski definition) is 5. The minimum absolute atomic E-state index is 0.00386. The molecule has 1 aliphatic heterocycles. The highest BCUT2D eigenvalue weighted by atomic mass is 19.1. The first-order valence-electron chi connectivity index (χ1n) is 6.25. The van der Waals surface area contributed by atoms with E-state index in [2.05, 4.69) is 15.5 Å². The van der Waals surface area contributed by atoms with Crippen molar-refractivity contribution in [2.45, 2.75) is 19.4 Å². The Morgan fingerprint density at radius 2 is 2.26 bits per heavy atom. The van der Waals surface area contributed by atoms with Crippen molar-refractivity contribution in [3.63, 3.8) is 0 Å². The summed E-state index contributed by atoms with van der Waals surface area (Å²) >= 11 is 0. The van der Waals surface area contributed by atoms with Crippen molar-refractivity contribution in [2.75, 3.05) is 18.5 Å². The summed E-state index contributed by atoms with van der Waals surface area (Å²) in [6.45, 7) is 2.67. The van der Waals surface area contributed by atoms with Gasteiger partial charge in [-0.15, -0.1) is 5.10 Å². The Morgan fingerprint density at radius 1 is 1.42 bits per heavy atom. The second kappa shape index (κ2) is 4.62. The molecule has 100 valence electrons. The molecule has 0 fully saturated rings. The molecule has 1 aromatic carbocycles. The first kappa shape index (κ1) is 12.1. The third-order valence-electron chi connectivity index (χ3n) is 3.41. The molecule has 0 amide bonds. The van der Waals surface area contributed by atoms with E-state index < -0.39 is 0 Å². The molecule has 1 N–H and O–H groups in total. The fraction of sp³-hybridized carbons (Fsp3) is 0.385. The van der Waals surface area contributed by atoms with E-state index in [1.54, 1.807) is 6.07 Å². The smallest absolute Gasteiger partial charge is 0.322 e. The maximum atomic E-state index is 13.3. The number of aromatic nitrogens is 2. The zero-order valence-electron chi connectivity index (χ0n) is 10.9. The molecule has 1 aliphatic rings. The number of halogens is 1. The molecule has 0 radical (unpaired) electrons. The van der Waals surface area contributed by atoms with Crippen molar-refractivity contribution in [1.82, 2.24) is 15.5 Å². The zero-order valence-corrected chi connectivity index (χ0v) is 10.9. The lowest BCUT2D eigenvalue weighted by Crippen LogP contribution is -2.14. The van der Waals surface area contributed by atoms with Gasteiger partial charge in [-0.3, -0.25) is 4.90 Å². The number of anilines is 2. The second-order valence-electron chi connectivity index (χ2n) is 4.61. The van der Waals surface area contributed by atoms with Crippen molar-refractivity contribution in [1.29, 1.82) is 0 Å². The van der Waals surface area contributed by atoms with Crippen LogP contribution in [0.3, 0.4) is 0 Å². The van der Waals surface area contributed by atoms with Crippen molar-refractivity contribution in [3.8, 4) is 0 Å². The molecule has 1 aromatic heterocycles. The summed E-state index contributed by atoms with van der Waals surface area (Å²) < 4.78 is 19.0. The van der Waals surface area contributed by atoms with E-state index in [9.17, 15) is 4.39 Å². The largest absolute Gasteiger partial charge is 0.406 e. The molecule has 6 heteroatoms. The first-order chi connectivity index (χ1) is 9.19. The lowest BCUT2D eigenvalue weighted by atomic mass is 10.2. The van der Waals surface area contributed by atoms with Crippen molar-refractivity contribution >= 4 is 11.7 Å². The molecule has 0 aliphatic carbocycles. The van der Waals surface area contributed by atoms with Gasteiger partial charge in [0, 0.05) is 6.54 Å². The van der Waals surface area contributed by atoms with Crippen molar-refractivity contribution in [2.24, 2.45) is 0 Å². The number of nitrogens with zero attached hydrogens (tertiary/aromatic N) is 3. The lowest BCUT2D eigenvalue weighted by molar-refractivity contribution is 0.436. The van der Waals surface area contributed by atoms with Gasteiger partial charge in [0.1, 0.15) is 5.82 Å². The fourth-order valence-corrected chi connectivity index (χ4v) is 2.19. The maximum absolute atomic E-state index is 13.3. The van der Waals surface area contributed by atoms with Crippen LogP contribution >= 0.6 is 0 Å². The topological polar surface area (TPSA) is 54.2 Å². The lowest BCUT2D eigenvalue weighted by Gasteiger charge is -2.13. The Bertz CT molecular complexity index is 598. The van der Waals surface area contributed by atoms with Gasteiger partial charge in [-0.05, 0) is 38.1 Å². The molecule has 0 bridgehead atoms. The van der Waals surface area contributed by atoms with E-state index in [0.29, 0.717) is 11.9 Å².